The van der Waals surface area contributed by atoms with Gasteiger partial charge in [-0.2, -0.15) is 9.30 Å². The van der Waals surface area contributed by atoms with Gasteiger partial charge in [-0.1, -0.05) is 148 Å². The number of hydrogen-bond donors (Lipinski definition) is 1. The zero-order chi connectivity index (χ0) is 94.6. The van der Waals surface area contributed by atoms with Crippen molar-refractivity contribution >= 4 is 208 Å². The van der Waals surface area contributed by atoms with Crippen LogP contribution in [0, 0.1) is 23.9 Å². The smallest absolute Gasteiger partial charge is 0.300 e. The topological polar surface area (TPSA) is 291 Å². The second kappa shape index (κ2) is 32.9. The van der Waals surface area contributed by atoms with Crippen molar-refractivity contribution in [1.82, 2.24) is 55.9 Å². The Hall–Kier alpha value is -18.1. The number of aromatic nitrogens is 14. The first-order chi connectivity index (χ1) is 68.0. The van der Waals surface area contributed by atoms with Crippen molar-refractivity contribution in [2.75, 3.05) is 20.0 Å². The summed E-state index contributed by atoms with van der Waals surface area (Å²) >= 11 is 0. The number of carbonyl (C=O) groups excluding carboxylic acids is 1. The first kappa shape index (κ1) is 84.0. The third-order valence-electron chi connectivity index (χ3n) is 27.7. The summed E-state index contributed by atoms with van der Waals surface area (Å²) in [5.74, 6) is 0.837. The molecule has 28 aromatic rings. The van der Waals surface area contributed by atoms with E-state index >= 15 is 0 Å². The Morgan fingerprint density at radius 1 is 0.396 bits per heavy atom. The number of para-hydroxylation sites is 6. The van der Waals surface area contributed by atoms with Crippen LogP contribution in [0.4, 0.5) is 10.1 Å². The number of aryl methyl sites for hydroxylation is 2. The van der Waals surface area contributed by atoms with E-state index in [1.54, 1.807) is 84.7 Å². The van der Waals surface area contributed by atoms with Crippen LogP contribution < -0.4 is 57.9 Å². The number of nitrogens with zero attached hydrogens (tertiary/aromatic N) is 14. The van der Waals surface area contributed by atoms with Gasteiger partial charge < -0.3 is 20.4 Å². The molecule has 30 rings (SSSR count). The largest absolute Gasteiger partial charge is 0.618 e. The summed E-state index contributed by atoms with van der Waals surface area (Å²) in [6, 6.07) is 85.0. The maximum absolute atomic E-state index is 13.4. The summed E-state index contributed by atoms with van der Waals surface area (Å²) in [4.78, 5) is 109. The maximum atomic E-state index is 13.4. The van der Waals surface area contributed by atoms with Gasteiger partial charge in [-0.3, -0.25) is 89.5 Å². The molecule has 1 aliphatic heterocycles. The Morgan fingerprint density at radius 2 is 0.856 bits per heavy atom. The maximum Gasteiger partial charge on any atom is 0.300 e. The number of hydrogen-bond acceptors (Lipinski definition) is 16. The normalized spacial score (nSPS) is 13.7. The molecule has 2 unspecified atom stereocenters. The summed E-state index contributed by atoms with van der Waals surface area (Å²) in [6.45, 7) is 5.16. The van der Waals surface area contributed by atoms with E-state index in [-0.39, 0.29) is 56.7 Å². The van der Waals surface area contributed by atoms with Crippen LogP contribution >= 0.6 is 0 Å². The molecule has 674 valence electrons. The Balaban J connectivity index is 0.0000000882. The van der Waals surface area contributed by atoms with Gasteiger partial charge in [0.25, 0.3) is 33.4 Å². The number of anilines is 1. The second-order valence-corrected chi connectivity index (χ2v) is 35.2. The van der Waals surface area contributed by atoms with Gasteiger partial charge >= 0.3 is 0 Å². The number of rotatable bonds is 5. The van der Waals surface area contributed by atoms with Crippen molar-refractivity contribution in [2.24, 2.45) is 5.92 Å². The lowest BCUT2D eigenvalue weighted by atomic mass is 9.75. The highest BCUT2D eigenvalue weighted by Crippen LogP contribution is 2.47. The van der Waals surface area contributed by atoms with Gasteiger partial charge in [0, 0.05) is 167 Å². The molecule has 2 aliphatic rings. The van der Waals surface area contributed by atoms with Crippen molar-refractivity contribution in [1.29, 1.82) is 0 Å². The van der Waals surface area contributed by atoms with Crippen LogP contribution in [0.15, 0.2) is 339 Å². The summed E-state index contributed by atoms with van der Waals surface area (Å²) in [7, 11) is 2.94. The van der Waals surface area contributed by atoms with Gasteiger partial charge in [0.2, 0.25) is 22.7 Å². The third kappa shape index (κ3) is 12.9. The van der Waals surface area contributed by atoms with E-state index in [1.165, 1.54) is 60.2 Å². The van der Waals surface area contributed by atoms with E-state index < -0.39 is 0 Å². The highest BCUT2D eigenvalue weighted by molar-refractivity contribution is 6.21. The van der Waals surface area contributed by atoms with Crippen LogP contribution in [0.2, 0.25) is 0 Å². The van der Waals surface area contributed by atoms with Crippen molar-refractivity contribution in [3.63, 3.8) is 0 Å². The number of nitrogen functional groups attached to an aromatic ring is 1. The lowest BCUT2D eigenvalue weighted by Gasteiger charge is -2.34. The lowest BCUT2D eigenvalue weighted by molar-refractivity contribution is -0.671. The molecule has 1 saturated carbocycles. The molecular formula is C113H81FN15O10+. The van der Waals surface area contributed by atoms with E-state index in [9.17, 15) is 43.2 Å². The van der Waals surface area contributed by atoms with E-state index in [2.05, 4.69) is 72.9 Å². The molecule has 0 amide bonds. The molecule has 25 nitrogen and oxygen atoms in total. The Labute approximate surface area is 784 Å². The second-order valence-electron chi connectivity index (χ2n) is 35.2. The van der Waals surface area contributed by atoms with Gasteiger partial charge in [0.15, 0.2) is 18.1 Å². The van der Waals surface area contributed by atoms with Crippen molar-refractivity contribution in [3.05, 3.63) is 395 Å². The predicted molar refractivity (Wildman–Crippen MR) is 547 cm³/mol. The minimum absolute atomic E-state index is 0.000599. The Morgan fingerprint density at radius 3 is 1.47 bits per heavy atom. The summed E-state index contributed by atoms with van der Waals surface area (Å²) in [5.41, 5.74) is 24.7. The number of halogens is 1. The molecule has 26 heteroatoms. The molecule has 2 atom stereocenters. The van der Waals surface area contributed by atoms with Gasteiger partial charge in [-0.25, -0.2) is 4.39 Å². The Bertz CT molecular complexity index is 10300. The first-order valence-corrected chi connectivity index (χ1v) is 46.0. The number of unbranched alkanes of at least 4 members (excludes halogenated alkanes) is 1. The van der Waals surface area contributed by atoms with Crippen LogP contribution in [0.25, 0.3) is 197 Å². The summed E-state index contributed by atoms with van der Waals surface area (Å²) < 4.78 is 38.9. The van der Waals surface area contributed by atoms with Gasteiger partial charge in [-0.05, 0) is 129 Å². The molecule has 0 saturated heterocycles. The van der Waals surface area contributed by atoms with Crippen LogP contribution in [-0.4, -0.2) is 76.0 Å². The third-order valence-corrected chi connectivity index (χ3v) is 27.7. The molecule has 20 aromatic heterocycles. The number of ether oxygens (including phenoxy) is 2. The summed E-state index contributed by atoms with van der Waals surface area (Å²) in [5, 5.41) is 28.3. The van der Waals surface area contributed by atoms with Crippen LogP contribution in [0.5, 0.6) is 11.5 Å². The molecule has 1 fully saturated rings. The number of methoxy groups -OCH3 is 2. The number of pyridine rings is 13. The molecule has 0 bridgehead atoms. The number of fused-ring (bicyclic) bond motifs is 25. The number of carbonyl (C=O) groups is 1. The predicted octanol–water partition coefficient (Wildman–Crippen LogP) is 19.9. The van der Waals surface area contributed by atoms with E-state index in [0.717, 1.165) is 208 Å². The van der Waals surface area contributed by atoms with Crippen molar-refractivity contribution < 1.29 is 28.0 Å². The SMILES string of the molecule is CCCC[n+]1ccc2c3ccccc3n3c(=O)ccc1c23.COc1c(N)c2nccc3c4ccccc4n(c1=O)c23.COc1cc2nccc3c4ccccc4n(c1=O)c23.Cc1cc2c3ccccc3n3c(=O)ccc(n1)c23.O=C1C2CCCCC2c2nccc3c4ccccc4n1c23.O=c1c2ccccc2c2c3c(cc[n+]2[O-])c2ccccc2n13.O=c1ccc2nccc3c4ccc(F)cc4n1c23. The number of benzene rings is 8. The average molecular weight is 1830 g/mol. The van der Waals surface area contributed by atoms with Crippen molar-refractivity contribution in [2.45, 2.75) is 64.8 Å². The number of nitrogens with two attached hydrogens (primary N) is 1. The van der Waals surface area contributed by atoms with E-state index in [4.69, 9.17) is 15.2 Å². The molecule has 21 heterocycles. The molecule has 8 aromatic carbocycles. The average Bonchev–Trinajstić information content (AvgIpc) is 1.67. The zero-order valence-electron chi connectivity index (χ0n) is 75.3. The highest BCUT2D eigenvalue weighted by Gasteiger charge is 2.41. The fourth-order valence-electron chi connectivity index (χ4n) is 21.8. The highest BCUT2D eigenvalue weighted by atomic mass is 19.1. The Kier molecular flexibility index (Phi) is 19.9. The zero-order valence-corrected chi connectivity index (χ0v) is 75.3. The monoisotopic (exact) mass is 1830 g/mol. The molecule has 1 aliphatic carbocycles. The van der Waals surface area contributed by atoms with Gasteiger partial charge in [0.1, 0.15) is 34.6 Å². The quantitative estimate of drug-likeness (QED) is 0.0951. The van der Waals surface area contributed by atoms with Gasteiger partial charge in [-0.15, -0.1) is 0 Å². The van der Waals surface area contributed by atoms with Crippen LogP contribution in [0.1, 0.15) is 67.5 Å². The van der Waals surface area contributed by atoms with Crippen LogP contribution in [-0.2, 0) is 6.54 Å². The fourth-order valence-corrected chi connectivity index (χ4v) is 21.8. The van der Waals surface area contributed by atoms with Crippen molar-refractivity contribution in [3.8, 4) is 11.5 Å². The van der Waals surface area contributed by atoms with E-state index in [1.807, 2.05) is 198 Å². The van der Waals surface area contributed by atoms with E-state index in [0.29, 0.717) is 50.2 Å². The summed E-state index contributed by atoms with van der Waals surface area (Å²) in [6.07, 6.45) is 17.5. The first-order valence-electron chi connectivity index (χ1n) is 46.0. The molecule has 2 N–H and O–H groups in total. The minimum atomic E-state index is -0.349. The fraction of sp³-hybridized carbons (Fsp3) is 0.115. The van der Waals surface area contributed by atoms with Gasteiger partial charge in [0.05, 0.1) is 113 Å². The molecule has 0 radical (unpaired) electrons. The molecule has 0 spiro atoms. The molecule has 139 heavy (non-hydrogen) atoms. The van der Waals surface area contributed by atoms with Crippen LogP contribution in [0.3, 0.4) is 0 Å². The minimum Gasteiger partial charge on any atom is -0.618 e. The standard InChI is InChI=1S/C18H10N2O2.C18H16N2O.C18H17N2O.C15H11N3O2.C15H10N2O2.C15H10N2O.C14H7FN2O/c21-18-14-7-2-1-6-12(14)16-17-13(9-10-19(16)22)11-5-3-4-8-15(11)20(17)18;21-18-14-7-2-1-6-12(14)16-17-13(9-10-19-16)11-5-3-4-8-15(11)20(17)18;1-2-3-11-19-12-10-14-13-6-4-5-7-15(13)20-17(21)9-8-16(19)18(14)20;1-20-14-11(16)12-13-9(6-7-17-12)8-4-2-3-5-10(8)18(13)15(14)19;1-19-13-8-11-14-10(6-7-16-11)9-4-2-3-5-12(9)17(14)15(13)18;1-9-8-11-10-4-2-3-5-13(10)17-14(18)7-6-12(16-9)15(11)17;15-8-1-2-9-10-5-6-16-11-3-4-13(18)17(14(10)11)12(9)7-8/h1-10H;3-5,8-10,12,14H,1-2,6-7H2;4-10,12H,2-3,11H2,1H3;2-7H,16H2,1H3;2-8H,1H3;2-8H,1H3;1-7H/q;;+1;;;;. The molecular weight excluding hydrogens is 1750 g/mol. The lowest BCUT2D eigenvalue weighted by Crippen LogP contribution is -2.35.